The molecule has 0 saturated heterocycles. The number of hydrogen-bond donors (Lipinski definition) is 2. The molecule has 0 aromatic heterocycles. The normalized spacial score (nSPS) is 11.7. The maximum absolute atomic E-state index is 11.8. The van der Waals surface area contributed by atoms with Crippen molar-refractivity contribution in [1.29, 1.82) is 0 Å². The lowest BCUT2D eigenvalue weighted by molar-refractivity contribution is -0.124. The zero-order valence-corrected chi connectivity index (χ0v) is 19.4. The van der Waals surface area contributed by atoms with Crippen LogP contribution in [-0.4, -0.2) is 49.1 Å². The molecule has 0 bridgehead atoms. The summed E-state index contributed by atoms with van der Waals surface area (Å²) in [6.45, 7) is 16.0. The van der Waals surface area contributed by atoms with Gasteiger partial charge in [0.15, 0.2) is 6.61 Å². The predicted octanol–water partition coefficient (Wildman–Crippen LogP) is 4.36. The molecular formula is C24H43N3O2. The molecule has 5 heteroatoms. The fourth-order valence-electron chi connectivity index (χ4n) is 3.07. The third kappa shape index (κ3) is 13.3. The Morgan fingerprint density at radius 2 is 1.55 bits per heavy atom. The van der Waals surface area contributed by atoms with Gasteiger partial charge in [0, 0.05) is 12.1 Å². The van der Waals surface area contributed by atoms with Gasteiger partial charge in [0.05, 0.1) is 0 Å². The Balaban J connectivity index is 2.24. The van der Waals surface area contributed by atoms with Crippen molar-refractivity contribution in [3.05, 3.63) is 29.8 Å². The number of rotatable bonds is 15. The Kier molecular flexibility index (Phi) is 12.6. The van der Waals surface area contributed by atoms with Crippen LogP contribution in [0.1, 0.15) is 72.3 Å². The van der Waals surface area contributed by atoms with Crippen molar-refractivity contribution >= 4 is 5.91 Å². The average Bonchev–Trinajstić information content (AvgIpc) is 2.67. The van der Waals surface area contributed by atoms with E-state index in [-0.39, 0.29) is 18.1 Å². The Labute approximate surface area is 178 Å². The number of amides is 1. The van der Waals surface area contributed by atoms with E-state index in [2.05, 4.69) is 41.5 Å². The van der Waals surface area contributed by atoms with Gasteiger partial charge in [-0.1, -0.05) is 38.8 Å². The third-order valence-electron chi connectivity index (χ3n) is 4.62. The van der Waals surface area contributed by atoms with Gasteiger partial charge in [0.25, 0.3) is 5.91 Å². The number of unbranched alkanes of at least 4 members (excludes halogenated alkanes) is 2. The fraction of sp³-hybridized carbons (Fsp3) is 0.708. The zero-order valence-electron chi connectivity index (χ0n) is 19.4. The minimum absolute atomic E-state index is 0.0431. The molecule has 0 aliphatic heterocycles. The lowest BCUT2D eigenvalue weighted by Crippen LogP contribution is -2.43. The summed E-state index contributed by atoms with van der Waals surface area (Å²) in [4.78, 5) is 14.4. The standard InChI is InChI=1S/C24H43N3O2/c1-6-8-16-27(17-9-7-2)18-10-15-25-19-21-11-13-22(14-12-21)29-20-23(28)26-24(3,4)5/h11-14,25H,6-10,15-20H2,1-5H3,(H,26,28). The van der Waals surface area contributed by atoms with Gasteiger partial charge in [-0.05, 0) is 83.9 Å². The number of benzene rings is 1. The lowest BCUT2D eigenvalue weighted by Gasteiger charge is -2.22. The molecule has 0 fully saturated rings. The minimum atomic E-state index is -0.237. The van der Waals surface area contributed by atoms with Crippen molar-refractivity contribution in [2.75, 3.05) is 32.8 Å². The maximum Gasteiger partial charge on any atom is 0.258 e. The molecule has 5 nitrogen and oxygen atoms in total. The van der Waals surface area contributed by atoms with E-state index in [1.54, 1.807) is 0 Å². The summed E-state index contributed by atoms with van der Waals surface area (Å²) in [6.07, 6.45) is 6.30. The summed E-state index contributed by atoms with van der Waals surface area (Å²) >= 11 is 0. The Hall–Kier alpha value is -1.59. The SMILES string of the molecule is CCCCN(CCCC)CCCNCc1ccc(OCC(=O)NC(C)(C)C)cc1. The van der Waals surface area contributed by atoms with E-state index in [9.17, 15) is 4.79 Å². The molecule has 0 atom stereocenters. The van der Waals surface area contributed by atoms with E-state index in [1.165, 1.54) is 57.3 Å². The molecular weight excluding hydrogens is 362 g/mol. The van der Waals surface area contributed by atoms with Crippen molar-refractivity contribution in [2.24, 2.45) is 0 Å². The first-order valence-corrected chi connectivity index (χ1v) is 11.3. The quantitative estimate of drug-likeness (QED) is 0.426. The molecule has 29 heavy (non-hydrogen) atoms. The highest BCUT2D eigenvalue weighted by molar-refractivity contribution is 5.78. The van der Waals surface area contributed by atoms with Gasteiger partial charge in [-0.2, -0.15) is 0 Å². The Bertz CT molecular complexity index is 544. The van der Waals surface area contributed by atoms with Crippen molar-refractivity contribution in [2.45, 2.75) is 78.8 Å². The van der Waals surface area contributed by atoms with Crippen LogP contribution in [-0.2, 0) is 11.3 Å². The third-order valence-corrected chi connectivity index (χ3v) is 4.62. The summed E-state index contributed by atoms with van der Waals surface area (Å²) in [5.41, 5.74) is 0.990. The molecule has 0 radical (unpaired) electrons. The van der Waals surface area contributed by atoms with Crippen LogP contribution in [0.5, 0.6) is 5.75 Å². The molecule has 0 unspecified atom stereocenters. The average molecular weight is 406 g/mol. The first-order chi connectivity index (χ1) is 13.8. The van der Waals surface area contributed by atoms with E-state index in [0.29, 0.717) is 0 Å². The Morgan fingerprint density at radius 1 is 0.966 bits per heavy atom. The number of nitrogens with zero attached hydrogens (tertiary/aromatic N) is 1. The number of nitrogens with one attached hydrogen (secondary N) is 2. The number of ether oxygens (including phenoxy) is 1. The number of hydrogen-bond acceptors (Lipinski definition) is 4. The summed E-state index contributed by atoms with van der Waals surface area (Å²) < 4.78 is 5.56. The van der Waals surface area contributed by atoms with Gasteiger partial charge in [-0.25, -0.2) is 0 Å². The molecule has 1 amide bonds. The maximum atomic E-state index is 11.8. The van der Waals surface area contributed by atoms with Crippen molar-refractivity contribution in [1.82, 2.24) is 15.5 Å². The summed E-state index contributed by atoms with van der Waals surface area (Å²) in [6, 6.07) is 7.97. The van der Waals surface area contributed by atoms with Crippen LogP contribution in [0.25, 0.3) is 0 Å². The largest absolute Gasteiger partial charge is 0.484 e. The first-order valence-electron chi connectivity index (χ1n) is 11.3. The van der Waals surface area contributed by atoms with E-state index < -0.39 is 0 Å². The van der Waals surface area contributed by atoms with Crippen LogP contribution in [0.4, 0.5) is 0 Å². The number of carbonyl (C=O) groups is 1. The molecule has 1 aromatic rings. The molecule has 0 aliphatic carbocycles. The first kappa shape index (κ1) is 25.4. The molecule has 1 rings (SSSR count). The van der Waals surface area contributed by atoms with Gasteiger partial charge >= 0.3 is 0 Å². The van der Waals surface area contributed by atoms with Crippen LogP contribution < -0.4 is 15.4 Å². The van der Waals surface area contributed by atoms with Crippen molar-refractivity contribution in [3.8, 4) is 5.75 Å². The van der Waals surface area contributed by atoms with Crippen LogP contribution in [0.3, 0.4) is 0 Å². The second kappa shape index (κ2) is 14.4. The molecule has 0 heterocycles. The van der Waals surface area contributed by atoms with Gasteiger partial charge < -0.3 is 20.3 Å². The monoisotopic (exact) mass is 405 g/mol. The highest BCUT2D eigenvalue weighted by Gasteiger charge is 2.13. The lowest BCUT2D eigenvalue weighted by atomic mass is 10.1. The van der Waals surface area contributed by atoms with E-state index >= 15 is 0 Å². The molecule has 0 aliphatic rings. The molecule has 166 valence electrons. The molecule has 1 aromatic carbocycles. The minimum Gasteiger partial charge on any atom is -0.484 e. The van der Waals surface area contributed by atoms with Gasteiger partial charge in [0.2, 0.25) is 0 Å². The molecule has 0 saturated carbocycles. The fourth-order valence-corrected chi connectivity index (χ4v) is 3.07. The van der Waals surface area contributed by atoms with Crippen molar-refractivity contribution in [3.63, 3.8) is 0 Å². The zero-order chi connectivity index (χ0) is 21.5. The summed E-state index contributed by atoms with van der Waals surface area (Å²) in [7, 11) is 0. The van der Waals surface area contributed by atoms with Gasteiger partial charge in [-0.3, -0.25) is 4.79 Å². The number of carbonyl (C=O) groups excluding carboxylic acids is 1. The molecule has 0 spiro atoms. The van der Waals surface area contributed by atoms with Gasteiger partial charge in [-0.15, -0.1) is 0 Å². The summed E-state index contributed by atoms with van der Waals surface area (Å²) in [5.74, 6) is 0.621. The van der Waals surface area contributed by atoms with E-state index in [1.807, 2.05) is 32.9 Å². The second-order valence-electron chi connectivity index (χ2n) is 8.81. The van der Waals surface area contributed by atoms with Crippen LogP contribution >= 0.6 is 0 Å². The topological polar surface area (TPSA) is 53.6 Å². The van der Waals surface area contributed by atoms with Crippen LogP contribution in [0.15, 0.2) is 24.3 Å². The second-order valence-corrected chi connectivity index (χ2v) is 8.81. The molecule has 2 N–H and O–H groups in total. The van der Waals surface area contributed by atoms with E-state index in [4.69, 9.17) is 4.74 Å². The van der Waals surface area contributed by atoms with E-state index in [0.717, 1.165) is 18.8 Å². The Morgan fingerprint density at radius 3 is 2.10 bits per heavy atom. The highest BCUT2D eigenvalue weighted by atomic mass is 16.5. The van der Waals surface area contributed by atoms with Crippen LogP contribution in [0.2, 0.25) is 0 Å². The smallest absolute Gasteiger partial charge is 0.258 e. The van der Waals surface area contributed by atoms with Crippen molar-refractivity contribution < 1.29 is 9.53 Å². The predicted molar refractivity (Wildman–Crippen MR) is 122 cm³/mol. The highest BCUT2D eigenvalue weighted by Crippen LogP contribution is 2.12. The van der Waals surface area contributed by atoms with Gasteiger partial charge in [0.1, 0.15) is 5.75 Å². The van der Waals surface area contributed by atoms with Crippen LogP contribution in [0, 0.1) is 0 Å². The summed E-state index contributed by atoms with van der Waals surface area (Å²) in [5, 5.41) is 6.43.